The van der Waals surface area contributed by atoms with Crippen LogP contribution in [0.3, 0.4) is 0 Å². The molecule has 324 valence electrons. The number of ether oxygens (including phenoxy) is 4. The predicted molar refractivity (Wildman–Crippen MR) is 223 cm³/mol. The van der Waals surface area contributed by atoms with Crippen molar-refractivity contribution >= 4 is 56.0 Å². The van der Waals surface area contributed by atoms with Crippen LogP contribution in [0.5, 0.6) is 11.8 Å². The van der Waals surface area contributed by atoms with Crippen molar-refractivity contribution in [2.24, 2.45) is 29.1 Å². The van der Waals surface area contributed by atoms with E-state index in [1.54, 1.807) is 53.0 Å². The van der Waals surface area contributed by atoms with Gasteiger partial charge in [-0.25, -0.2) is 8.42 Å². The van der Waals surface area contributed by atoms with Gasteiger partial charge in [-0.1, -0.05) is 50.1 Å². The highest BCUT2D eigenvalue weighted by atomic mass is 35.5. The van der Waals surface area contributed by atoms with Crippen LogP contribution in [0, 0.1) is 29.1 Å². The summed E-state index contributed by atoms with van der Waals surface area (Å²) >= 11 is 6.63. The molecule has 4 aliphatic rings. The Labute approximate surface area is 353 Å². The van der Waals surface area contributed by atoms with E-state index in [0.717, 1.165) is 6.42 Å². The number of nitrogens with one attached hydrogen (secondary N) is 1. The molecule has 1 saturated heterocycles. The number of halogens is 1. The number of fused-ring (bicyclic) bond motifs is 3. The molecule has 59 heavy (non-hydrogen) atoms. The molecule has 2 saturated carbocycles. The van der Waals surface area contributed by atoms with Gasteiger partial charge in [0.25, 0.3) is 0 Å². The van der Waals surface area contributed by atoms with Crippen LogP contribution in [0.4, 0.5) is 0 Å². The van der Waals surface area contributed by atoms with Gasteiger partial charge in [-0.15, -0.1) is 0 Å². The number of hydrogen-bond acceptors (Lipinski definition) is 11. The molecule has 15 heteroatoms. The van der Waals surface area contributed by atoms with Gasteiger partial charge in [0, 0.05) is 41.8 Å². The summed E-state index contributed by atoms with van der Waals surface area (Å²) in [5, 5.41) is 1.70. The highest BCUT2D eigenvalue weighted by Gasteiger charge is 2.62. The molecule has 0 radical (unpaired) electrons. The smallest absolute Gasteiger partial charge is 0.307 e. The largest absolute Gasteiger partial charge is 0.475 e. The number of Topliss-reactive ketones (excluding diaryl/α,β-unsaturated/α-hetero) is 1. The number of carbonyl (C=O) groups excluding carboxylic acids is 4. The molecule has 6 rings (SSSR count). The summed E-state index contributed by atoms with van der Waals surface area (Å²) in [6.07, 6.45) is 6.88. The minimum absolute atomic E-state index is 0.000192. The number of sulfonamides is 1. The average Bonchev–Trinajstić information content (AvgIpc) is 4.04. The minimum Gasteiger partial charge on any atom is -0.475 e. The molecule has 0 bridgehead atoms. The summed E-state index contributed by atoms with van der Waals surface area (Å²) in [5.41, 5.74) is -2.07. The van der Waals surface area contributed by atoms with Crippen LogP contribution in [0.2, 0.25) is 5.02 Å². The normalized spacial score (nSPS) is 29.1. The zero-order valence-corrected chi connectivity index (χ0v) is 37.0. The molecule has 13 nitrogen and oxygen atoms in total. The Hall–Kier alpha value is -3.75. The number of esters is 1. The first-order chi connectivity index (χ1) is 27.8. The van der Waals surface area contributed by atoms with Crippen molar-refractivity contribution in [1.82, 2.24) is 14.6 Å². The fourth-order valence-corrected chi connectivity index (χ4v) is 10.2. The summed E-state index contributed by atoms with van der Waals surface area (Å²) in [5.74, 6) is -2.62. The SMILES string of the molecule is CC[C@@H]1C[C@@H](C)CC/C=C\[C@@H]2C[C@@]2(C(=O)NS(=O)(=O)C2(C)CC2)CC(=O)[C@@H]2C[C@@H](Oc3nc(OCCOC)cc4c(Cl)cccc34)CN2C(=O)[C@H]1CC(=O)OC(C)(C)C. The van der Waals surface area contributed by atoms with E-state index in [1.807, 2.05) is 25.1 Å². The number of allylic oxidation sites excluding steroid dienone is 2. The van der Waals surface area contributed by atoms with Crippen molar-refractivity contribution in [3.8, 4) is 11.8 Å². The minimum atomic E-state index is -3.98. The molecular formula is C44H60ClN3O10S. The second kappa shape index (κ2) is 17.7. The number of pyridine rings is 1. The van der Waals surface area contributed by atoms with Crippen molar-refractivity contribution in [2.45, 2.75) is 128 Å². The van der Waals surface area contributed by atoms with Crippen molar-refractivity contribution in [3.05, 3.63) is 41.4 Å². The van der Waals surface area contributed by atoms with E-state index in [-0.39, 0.29) is 73.6 Å². The number of methoxy groups -OCH3 is 1. The summed E-state index contributed by atoms with van der Waals surface area (Å²) in [6, 6.07) is 6.02. The van der Waals surface area contributed by atoms with Crippen molar-refractivity contribution in [1.29, 1.82) is 0 Å². The Kier molecular flexibility index (Phi) is 13.4. The summed E-state index contributed by atoms with van der Waals surface area (Å²) in [7, 11) is -2.41. The van der Waals surface area contributed by atoms with Gasteiger partial charge in [0.1, 0.15) is 18.3 Å². The zero-order valence-electron chi connectivity index (χ0n) is 35.4. The lowest BCUT2D eigenvalue weighted by Gasteiger charge is -2.33. The van der Waals surface area contributed by atoms with Crippen LogP contribution < -0.4 is 14.2 Å². The van der Waals surface area contributed by atoms with Gasteiger partial charge in [0.2, 0.25) is 33.6 Å². The molecule has 2 aromatic rings. The topological polar surface area (TPSA) is 168 Å². The standard InChI is InChI=1S/C44H60ClN3O10S/c1-8-28-20-27(2)12-9-10-13-29-24-44(29,41(52)47-59(53,54)43(6)16-17-43)25-36(49)35-21-30(26-48(35)40(51)32(28)23-38(50)58-42(3,4)5)57-39-31-14-11-15-34(45)33(31)22-37(46-39)56-19-18-55-7/h10-11,13-15,22,27-30,32,35H,8-9,12,16-21,23-26H2,1-7H3,(H,47,52)/b13-10-/t27-,28+,29+,30+,32-,35-,44+/m0/s1. The van der Waals surface area contributed by atoms with Gasteiger partial charge in [-0.3, -0.25) is 23.9 Å². The quantitative estimate of drug-likeness (QED) is 0.133. The first kappa shape index (κ1) is 44.8. The molecule has 1 N–H and O–H groups in total. The van der Waals surface area contributed by atoms with E-state index in [1.165, 1.54) is 4.90 Å². The average molecular weight is 858 g/mol. The third kappa shape index (κ3) is 10.2. The lowest BCUT2D eigenvalue weighted by atomic mass is 9.79. The van der Waals surface area contributed by atoms with E-state index < -0.39 is 55.7 Å². The maximum absolute atomic E-state index is 15.1. The van der Waals surface area contributed by atoms with Crippen molar-refractivity contribution in [3.63, 3.8) is 0 Å². The number of ketones is 1. The molecule has 1 aromatic carbocycles. The highest BCUT2D eigenvalue weighted by Crippen LogP contribution is 2.58. The number of aromatic nitrogens is 1. The van der Waals surface area contributed by atoms with Crippen LogP contribution in [-0.4, -0.2) is 91.2 Å². The van der Waals surface area contributed by atoms with Crippen LogP contribution in [0.1, 0.15) is 106 Å². The third-order valence-corrected chi connectivity index (χ3v) is 15.0. The number of carbonyl (C=O) groups is 4. The lowest BCUT2D eigenvalue weighted by Crippen LogP contribution is -2.48. The Morgan fingerprint density at radius 1 is 1.10 bits per heavy atom. The van der Waals surface area contributed by atoms with E-state index in [4.69, 9.17) is 30.5 Å². The fourth-order valence-electron chi connectivity index (χ4n) is 8.64. The number of benzene rings is 1. The Balaban J connectivity index is 1.38. The van der Waals surface area contributed by atoms with Gasteiger partial charge in [-0.2, -0.15) is 4.98 Å². The van der Waals surface area contributed by atoms with Crippen molar-refractivity contribution < 1.29 is 46.5 Å². The Morgan fingerprint density at radius 3 is 2.53 bits per heavy atom. The third-order valence-electron chi connectivity index (χ3n) is 12.5. The van der Waals surface area contributed by atoms with Crippen LogP contribution in [0.25, 0.3) is 10.8 Å². The molecule has 7 atom stereocenters. The summed E-state index contributed by atoms with van der Waals surface area (Å²) in [4.78, 5) is 63.7. The Bertz CT molecular complexity index is 2060. The highest BCUT2D eigenvalue weighted by molar-refractivity contribution is 7.91. The molecular weight excluding hydrogens is 798 g/mol. The van der Waals surface area contributed by atoms with E-state index >= 15 is 4.79 Å². The van der Waals surface area contributed by atoms with Crippen LogP contribution in [0.15, 0.2) is 36.4 Å². The summed E-state index contributed by atoms with van der Waals surface area (Å²) in [6.45, 7) is 11.6. The Morgan fingerprint density at radius 2 is 1.85 bits per heavy atom. The molecule has 1 aromatic heterocycles. The summed E-state index contributed by atoms with van der Waals surface area (Å²) < 4.78 is 51.3. The first-order valence-electron chi connectivity index (χ1n) is 21.0. The maximum Gasteiger partial charge on any atom is 0.307 e. The lowest BCUT2D eigenvalue weighted by molar-refractivity contribution is -0.160. The molecule has 2 aliphatic heterocycles. The molecule has 3 heterocycles. The number of nitrogens with zero attached hydrogens (tertiary/aromatic N) is 2. The maximum atomic E-state index is 15.1. The monoisotopic (exact) mass is 857 g/mol. The fraction of sp³-hybridized carbons (Fsp3) is 0.659. The van der Waals surface area contributed by atoms with Gasteiger partial charge < -0.3 is 23.8 Å². The number of hydrogen-bond donors (Lipinski definition) is 1. The molecule has 0 unspecified atom stereocenters. The number of amides is 2. The van der Waals surface area contributed by atoms with E-state index in [9.17, 15) is 22.8 Å². The second-order valence-electron chi connectivity index (χ2n) is 18.3. The second-order valence-corrected chi connectivity index (χ2v) is 20.9. The molecule has 2 amide bonds. The van der Waals surface area contributed by atoms with E-state index in [0.29, 0.717) is 60.9 Å². The number of rotatable bonds is 12. The van der Waals surface area contributed by atoms with Gasteiger partial charge in [0.15, 0.2) is 5.78 Å². The van der Waals surface area contributed by atoms with Crippen molar-refractivity contribution in [2.75, 3.05) is 26.9 Å². The zero-order chi connectivity index (χ0) is 42.9. The van der Waals surface area contributed by atoms with Crippen LogP contribution in [-0.2, 0) is 38.7 Å². The van der Waals surface area contributed by atoms with Gasteiger partial charge in [0.05, 0.1) is 41.7 Å². The molecule has 3 fully saturated rings. The molecule has 0 spiro atoms. The predicted octanol–water partition coefficient (Wildman–Crippen LogP) is 6.98. The van der Waals surface area contributed by atoms with Gasteiger partial charge in [-0.05, 0) is 96.1 Å². The van der Waals surface area contributed by atoms with Gasteiger partial charge >= 0.3 is 5.97 Å². The van der Waals surface area contributed by atoms with E-state index in [2.05, 4.69) is 16.6 Å². The first-order valence-corrected chi connectivity index (χ1v) is 22.8. The molecule has 2 aliphatic carbocycles. The van der Waals surface area contributed by atoms with Crippen LogP contribution >= 0.6 is 11.6 Å².